The summed E-state index contributed by atoms with van der Waals surface area (Å²) in [6, 6.07) is 17.8. The molecule has 8 heteroatoms. The van der Waals surface area contributed by atoms with Crippen molar-refractivity contribution in [3.8, 4) is 22.7 Å². The maximum Gasteiger partial charge on any atom is 0.266 e. The van der Waals surface area contributed by atoms with E-state index in [1.807, 2.05) is 71.6 Å². The minimum Gasteiger partial charge on any atom is -0.493 e. The third kappa shape index (κ3) is 6.20. The molecule has 0 N–H and O–H groups in total. The van der Waals surface area contributed by atoms with Gasteiger partial charge in [-0.3, -0.25) is 9.69 Å². The fourth-order valence-corrected chi connectivity index (χ4v) is 4.90. The van der Waals surface area contributed by atoms with E-state index in [1.165, 1.54) is 11.8 Å². The lowest BCUT2D eigenvalue weighted by molar-refractivity contribution is -0.122. The Morgan fingerprint density at radius 3 is 2.54 bits per heavy atom. The van der Waals surface area contributed by atoms with Crippen LogP contribution in [0.5, 0.6) is 5.75 Å². The van der Waals surface area contributed by atoms with Gasteiger partial charge >= 0.3 is 0 Å². The highest BCUT2D eigenvalue weighted by Crippen LogP contribution is 2.35. The molecule has 0 atom stereocenters. The van der Waals surface area contributed by atoms with Crippen LogP contribution in [0.15, 0.2) is 65.7 Å². The van der Waals surface area contributed by atoms with E-state index >= 15 is 0 Å². The molecule has 2 aromatic carbocycles. The molecule has 3 aromatic rings. The van der Waals surface area contributed by atoms with Crippen LogP contribution in [-0.2, 0) is 9.53 Å². The summed E-state index contributed by atoms with van der Waals surface area (Å²) in [4.78, 5) is 15.3. The normalized spacial score (nSPS) is 15.0. The summed E-state index contributed by atoms with van der Waals surface area (Å²) in [5.41, 5.74) is 3.52. The fourth-order valence-electron chi connectivity index (χ4n) is 3.60. The topological polar surface area (TPSA) is 56.6 Å². The number of amides is 1. The van der Waals surface area contributed by atoms with Crippen molar-refractivity contribution in [3.05, 3.63) is 71.3 Å². The first-order chi connectivity index (χ1) is 17.0. The molecule has 0 spiro atoms. The van der Waals surface area contributed by atoms with Crippen molar-refractivity contribution in [1.29, 1.82) is 0 Å². The third-order valence-corrected chi connectivity index (χ3v) is 6.74. The van der Waals surface area contributed by atoms with Crippen LogP contribution >= 0.6 is 24.0 Å². The zero-order chi connectivity index (χ0) is 24.8. The second kappa shape index (κ2) is 11.7. The van der Waals surface area contributed by atoms with Crippen molar-refractivity contribution in [2.45, 2.75) is 20.3 Å². The Kier molecular flexibility index (Phi) is 8.38. The summed E-state index contributed by atoms with van der Waals surface area (Å²) in [5.74, 6) is 1.20. The molecule has 0 aliphatic carbocycles. The summed E-state index contributed by atoms with van der Waals surface area (Å²) in [5, 5.41) is 4.87. The van der Waals surface area contributed by atoms with Crippen molar-refractivity contribution in [2.24, 2.45) is 5.92 Å². The summed E-state index contributed by atoms with van der Waals surface area (Å²) in [7, 11) is 1.65. The van der Waals surface area contributed by atoms with Gasteiger partial charge in [-0.05, 0) is 54.8 Å². The number of thiocarbonyl (C=S) groups is 1. The standard InChI is InChI=1S/C27H29N3O3S2/c1-19(2)18-33-23-12-10-20(11-13-23)25-21(17-30(28-25)22-8-5-4-6-9-22)16-24-26(31)29(27(34)35-24)14-7-15-32-3/h4-6,8-13,16-17,19H,7,14-15,18H2,1-3H3/b24-16-. The second-order valence-corrected chi connectivity index (χ2v) is 10.3. The smallest absolute Gasteiger partial charge is 0.266 e. The van der Waals surface area contributed by atoms with E-state index < -0.39 is 0 Å². The van der Waals surface area contributed by atoms with Crippen LogP contribution in [0.2, 0.25) is 0 Å². The van der Waals surface area contributed by atoms with Gasteiger partial charge in [0.1, 0.15) is 10.1 Å². The Morgan fingerprint density at radius 2 is 1.86 bits per heavy atom. The Morgan fingerprint density at radius 1 is 1.11 bits per heavy atom. The van der Waals surface area contributed by atoms with E-state index in [0.717, 1.165) is 34.7 Å². The Bertz CT molecular complexity index is 1200. The first kappa shape index (κ1) is 25.2. The molecule has 0 radical (unpaired) electrons. The monoisotopic (exact) mass is 507 g/mol. The Balaban J connectivity index is 1.66. The van der Waals surface area contributed by atoms with Gasteiger partial charge in [-0.15, -0.1) is 0 Å². The van der Waals surface area contributed by atoms with Crippen LogP contribution in [0.3, 0.4) is 0 Å². The Hall–Kier alpha value is -2.94. The predicted octanol–water partition coefficient (Wildman–Crippen LogP) is 5.81. The van der Waals surface area contributed by atoms with Crippen molar-refractivity contribution in [1.82, 2.24) is 14.7 Å². The van der Waals surface area contributed by atoms with E-state index in [9.17, 15) is 4.79 Å². The lowest BCUT2D eigenvalue weighted by Crippen LogP contribution is -2.29. The van der Waals surface area contributed by atoms with Gasteiger partial charge in [0, 0.05) is 37.6 Å². The van der Waals surface area contributed by atoms with Gasteiger partial charge in [0.15, 0.2) is 0 Å². The van der Waals surface area contributed by atoms with E-state index in [0.29, 0.717) is 34.9 Å². The average molecular weight is 508 g/mol. The summed E-state index contributed by atoms with van der Waals surface area (Å²) in [6.07, 6.45) is 4.57. The van der Waals surface area contributed by atoms with Gasteiger partial charge in [0.2, 0.25) is 0 Å². The highest BCUT2D eigenvalue weighted by molar-refractivity contribution is 8.26. The number of hydrogen-bond acceptors (Lipinski definition) is 6. The van der Waals surface area contributed by atoms with Gasteiger partial charge in [0.25, 0.3) is 5.91 Å². The average Bonchev–Trinajstić information content (AvgIpc) is 3.40. The van der Waals surface area contributed by atoms with Crippen LogP contribution in [0.1, 0.15) is 25.8 Å². The van der Waals surface area contributed by atoms with Gasteiger partial charge in [0.05, 0.1) is 22.9 Å². The number of hydrogen-bond donors (Lipinski definition) is 0. The van der Waals surface area contributed by atoms with Crippen molar-refractivity contribution < 1.29 is 14.3 Å². The van der Waals surface area contributed by atoms with Gasteiger partial charge < -0.3 is 9.47 Å². The molecule has 0 saturated carbocycles. The van der Waals surface area contributed by atoms with Crippen molar-refractivity contribution in [2.75, 3.05) is 26.9 Å². The largest absolute Gasteiger partial charge is 0.493 e. The van der Waals surface area contributed by atoms with Crippen LogP contribution in [0.25, 0.3) is 23.0 Å². The highest BCUT2D eigenvalue weighted by Gasteiger charge is 2.32. The lowest BCUT2D eigenvalue weighted by Gasteiger charge is -2.13. The second-order valence-electron chi connectivity index (χ2n) is 8.62. The maximum absolute atomic E-state index is 13.1. The molecule has 1 aliphatic rings. The summed E-state index contributed by atoms with van der Waals surface area (Å²) in [6.45, 7) is 6.04. The number of benzene rings is 2. The molecule has 182 valence electrons. The third-order valence-electron chi connectivity index (χ3n) is 5.36. The minimum absolute atomic E-state index is 0.0769. The van der Waals surface area contributed by atoms with E-state index in [1.54, 1.807) is 12.0 Å². The van der Waals surface area contributed by atoms with Crippen LogP contribution in [0.4, 0.5) is 0 Å². The van der Waals surface area contributed by atoms with Crippen molar-refractivity contribution >= 4 is 40.3 Å². The lowest BCUT2D eigenvalue weighted by atomic mass is 10.1. The molecule has 35 heavy (non-hydrogen) atoms. The molecule has 6 nitrogen and oxygen atoms in total. The molecule has 1 amide bonds. The van der Waals surface area contributed by atoms with E-state index in [-0.39, 0.29) is 5.91 Å². The first-order valence-electron chi connectivity index (χ1n) is 11.6. The van der Waals surface area contributed by atoms with Crippen LogP contribution in [-0.4, -0.2) is 51.8 Å². The number of aromatic nitrogens is 2. The number of carbonyl (C=O) groups is 1. The molecule has 0 unspecified atom stereocenters. The Labute approximate surface area is 215 Å². The maximum atomic E-state index is 13.1. The summed E-state index contributed by atoms with van der Waals surface area (Å²) >= 11 is 6.80. The molecular formula is C27H29N3O3S2. The zero-order valence-electron chi connectivity index (χ0n) is 20.1. The highest BCUT2D eigenvalue weighted by atomic mass is 32.2. The number of para-hydroxylation sites is 1. The van der Waals surface area contributed by atoms with Gasteiger partial charge in [-0.25, -0.2) is 4.68 Å². The van der Waals surface area contributed by atoms with Crippen LogP contribution in [0, 0.1) is 5.92 Å². The van der Waals surface area contributed by atoms with Gasteiger partial charge in [-0.2, -0.15) is 5.10 Å². The van der Waals surface area contributed by atoms with Crippen molar-refractivity contribution in [3.63, 3.8) is 0 Å². The van der Waals surface area contributed by atoms with Crippen LogP contribution < -0.4 is 4.74 Å². The first-order valence-corrected chi connectivity index (χ1v) is 12.8. The molecule has 2 heterocycles. The molecule has 0 bridgehead atoms. The molecule has 1 aromatic heterocycles. The molecule has 1 saturated heterocycles. The molecule has 4 rings (SSSR count). The minimum atomic E-state index is -0.0769. The fraction of sp³-hybridized carbons (Fsp3) is 0.296. The molecule has 1 aliphatic heterocycles. The summed E-state index contributed by atoms with van der Waals surface area (Å²) < 4.78 is 13.4. The van der Waals surface area contributed by atoms with E-state index in [4.69, 9.17) is 26.8 Å². The number of methoxy groups -OCH3 is 1. The molecular weight excluding hydrogens is 478 g/mol. The number of ether oxygens (including phenoxy) is 2. The number of thioether (sulfide) groups is 1. The number of rotatable bonds is 10. The SMILES string of the molecule is COCCCN1C(=O)/C(=C/c2cn(-c3ccccc3)nc2-c2ccc(OCC(C)C)cc2)SC1=S. The van der Waals surface area contributed by atoms with E-state index in [2.05, 4.69) is 13.8 Å². The predicted molar refractivity (Wildman–Crippen MR) is 146 cm³/mol. The zero-order valence-corrected chi connectivity index (χ0v) is 21.8. The van der Waals surface area contributed by atoms with Gasteiger partial charge in [-0.1, -0.05) is 56.0 Å². The number of carbonyl (C=O) groups excluding carboxylic acids is 1. The quantitative estimate of drug-likeness (QED) is 0.196. The molecule has 1 fully saturated rings. The number of nitrogens with zero attached hydrogens (tertiary/aromatic N) is 3.